The molecule has 1 aromatic carbocycles. The first-order valence-corrected chi connectivity index (χ1v) is 7.23. The Bertz CT molecular complexity index is 638. The predicted octanol–water partition coefficient (Wildman–Crippen LogP) is 1.71. The molecule has 7 heteroatoms. The third kappa shape index (κ3) is 4.84. The van der Waals surface area contributed by atoms with Gasteiger partial charge in [0.1, 0.15) is 12.0 Å². The van der Waals surface area contributed by atoms with Gasteiger partial charge < -0.3 is 19.5 Å². The van der Waals surface area contributed by atoms with Crippen LogP contribution in [0.5, 0.6) is 5.75 Å². The maximum Gasteiger partial charge on any atom is 0.245 e. The molecule has 0 radical (unpaired) electrons. The highest BCUT2D eigenvalue weighted by Crippen LogP contribution is 2.12. The summed E-state index contributed by atoms with van der Waals surface area (Å²) >= 11 is 0. The molecule has 0 fully saturated rings. The molecular weight excluding hydrogens is 298 g/mol. The summed E-state index contributed by atoms with van der Waals surface area (Å²) in [5, 5.41) is 6.16. The molecular formula is C16H19N3O4. The number of aromatic nitrogens is 1. The van der Waals surface area contributed by atoms with Gasteiger partial charge in [0.25, 0.3) is 0 Å². The standard InChI is InChI=1S/C16H19N3O4/c1-3-19(11-15(20)17-14-8-9-23-18-14)16(21)10-12-4-6-13(22-2)7-5-12/h4-9H,3,10-11H2,1-2H3,(H,17,18,20). The van der Waals surface area contributed by atoms with E-state index < -0.39 is 0 Å². The Balaban J connectivity index is 1.90. The Kier molecular flexibility index (Phi) is 5.74. The molecule has 1 aromatic heterocycles. The molecule has 0 aliphatic heterocycles. The molecule has 0 saturated heterocycles. The first-order chi connectivity index (χ1) is 11.1. The highest BCUT2D eigenvalue weighted by molar-refractivity contribution is 5.94. The number of nitrogens with zero attached hydrogens (tertiary/aromatic N) is 2. The van der Waals surface area contributed by atoms with Gasteiger partial charge >= 0.3 is 0 Å². The second kappa shape index (κ2) is 7.98. The van der Waals surface area contributed by atoms with E-state index in [0.717, 1.165) is 11.3 Å². The van der Waals surface area contributed by atoms with Gasteiger partial charge in [-0.05, 0) is 24.6 Å². The first kappa shape index (κ1) is 16.5. The highest BCUT2D eigenvalue weighted by Gasteiger charge is 2.16. The summed E-state index contributed by atoms with van der Waals surface area (Å²) in [4.78, 5) is 25.7. The number of methoxy groups -OCH3 is 1. The fourth-order valence-corrected chi connectivity index (χ4v) is 2.04. The summed E-state index contributed by atoms with van der Waals surface area (Å²) in [5.41, 5.74) is 0.867. The average molecular weight is 317 g/mol. The maximum absolute atomic E-state index is 12.3. The number of carbonyl (C=O) groups is 2. The van der Waals surface area contributed by atoms with Crippen molar-refractivity contribution in [3.63, 3.8) is 0 Å². The fraction of sp³-hybridized carbons (Fsp3) is 0.312. The lowest BCUT2D eigenvalue weighted by Crippen LogP contribution is -2.38. The molecule has 0 atom stereocenters. The topological polar surface area (TPSA) is 84.7 Å². The molecule has 2 aromatic rings. The Hall–Kier alpha value is -2.83. The third-order valence-electron chi connectivity index (χ3n) is 3.29. The number of anilines is 1. The fourth-order valence-electron chi connectivity index (χ4n) is 2.04. The van der Waals surface area contributed by atoms with Gasteiger partial charge in [0, 0.05) is 12.6 Å². The molecule has 0 spiro atoms. The van der Waals surface area contributed by atoms with Crippen LogP contribution in [0.2, 0.25) is 0 Å². The minimum atomic E-state index is -0.316. The van der Waals surface area contributed by atoms with Crippen LogP contribution in [0.3, 0.4) is 0 Å². The van der Waals surface area contributed by atoms with Crippen molar-refractivity contribution in [2.45, 2.75) is 13.3 Å². The molecule has 7 nitrogen and oxygen atoms in total. The lowest BCUT2D eigenvalue weighted by Gasteiger charge is -2.20. The second-order valence-corrected chi connectivity index (χ2v) is 4.87. The van der Waals surface area contributed by atoms with Crippen LogP contribution in [0.4, 0.5) is 5.82 Å². The molecule has 2 amide bonds. The van der Waals surface area contributed by atoms with E-state index in [2.05, 4.69) is 15.0 Å². The molecule has 0 unspecified atom stereocenters. The molecule has 2 rings (SSSR count). The number of nitrogens with one attached hydrogen (secondary N) is 1. The largest absolute Gasteiger partial charge is 0.497 e. The normalized spacial score (nSPS) is 10.2. The summed E-state index contributed by atoms with van der Waals surface area (Å²) in [5.74, 6) is 0.631. The predicted molar refractivity (Wildman–Crippen MR) is 84.1 cm³/mol. The van der Waals surface area contributed by atoms with Crippen molar-refractivity contribution in [3.8, 4) is 5.75 Å². The van der Waals surface area contributed by atoms with E-state index in [-0.39, 0.29) is 24.8 Å². The Morgan fingerprint density at radius 2 is 2.00 bits per heavy atom. The van der Waals surface area contributed by atoms with E-state index in [9.17, 15) is 9.59 Å². The zero-order valence-corrected chi connectivity index (χ0v) is 13.1. The van der Waals surface area contributed by atoms with Crippen molar-refractivity contribution in [1.82, 2.24) is 10.1 Å². The molecule has 23 heavy (non-hydrogen) atoms. The second-order valence-electron chi connectivity index (χ2n) is 4.87. The van der Waals surface area contributed by atoms with Crippen LogP contribution in [0.15, 0.2) is 41.1 Å². The van der Waals surface area contributed by atoms with Gasteiger partial charge in [-0.25, -0.2) is 0 Å². The molecule has 0 aliphatic rings. The van der Waals surface area contributed by atoms with Gasteiger partial charge in [0.2, 0.25) is 11.8 Å². The minimum Gasteiger partial charge on any atom is -0.497 e. The number of carbonyl (C=O) groups excluding carboxylic acids is 2. The molecule has 0 bridgehead atoms. The van der Waals surface area contributed by atoms with Crippen LogP contribution in [-0.4, -0.2) is 42.1 Å². The molecule has 122 valence electrons. The van der Waals surface area contributed by atoms with Crippen LogP contribution >= 0.6 is 0 Å². The Labute approximate surface area is 134 Å². The number of amides is 2. The van der Waals surface area contributed by atoms with Crippen LogP contribution in [0.1, 0.15) is 12.5 Å². The van der Waals surface area contributed by atoms with Crippen molar-refractivity contribution < 1.29 is 18.8 Å². The lowest BCUT2D eigenvalue weighted by molar-refractivity contribution is -0.133. The first-order valence-electron chi connectivity index (χ1n) is 7.23. The van der Waals surface area contributed by atoms with E-state index in [1.165, 1.54) is 17.2 Å². The SMILES string of the molecule is CCN(CC(=O)Nc1ccon1)C(=O)Cc1ccc(OC)cc1. The smallest absolute Gasteiger partial charge is 0.245 e. The average Bonchev–Trinajstić information content (AvgIpc) is 3.06. The molecule has 1 N–H and O–H groups in total. The van der Waals surface area contributed by atoms with Gasteiger partial charge in [0.15, 0.2) is 5.82 Å². The highest BCUT2D eigenvalue weighted by atomic mass is 16.5. The van der Waals surface area contributed by atoms with E-state index in [1.807, 2.05) is 19.1 Å². The molecule has 0 aliphatic carbocycles. The summed E-state index contributed by atoms with van der Waals surface area (Å²) in [6.45, 7) is 2.24. The van der Waals surface area contributed by atoms with Crippen molar-refractivity contribution in [2.24, 2.45) is 0 Å². The molecule has 1 heterocycles. The summed E-state index contributed by atoms with van der Waals surface area (Å²) < 4.78 is 9.72. The maximum atomic E-state index is 12.3. The van der Waals surface area contributed by atoms with Crippen LogP contribution in [0.25, 0.3) is 0 Å². The lowest BCUT2D eigenvalue weighted by atomic mass is 10.1. The third-order valence-corrected chi connectivity index (χ3v) is 3.29. The number of benzene rings is 1. The van der Waals surface area contributed by atoms with Gasteiger partial charge in [-0.15, -0.1) is 0 Å². The van der Waals surface area contributed by atoms with E-state index in [1.54, 1.807) is 19.2 Å². The van der Waals surface area contributed by atoms with Crippen molar-refractivity contribution in [1.29, 1.82) is 0 Å². The summed E-state index contributed by atoms with van der Waals surface area (Å²) in [7, 11) is 1.59. The van der Waals surface area contributed by atoms with Crippen LogP contribution in [0, 0.1) is 0 Å². The number of hydrogen-bond acceptors (Lipinski definition) is 5. The number of rotatable bonds is 7. The van der Waals surface area contributed by atoms with Gasteiger partial charge in [0.05, 0.1) is 20.1 Å². The monoisotopic (exact) mass is 317 g/mol. The summed E-state index contributed by atoms with van der Waals surface area (Å²) in [6.07, 6.45) is 1.59. The Morgan fingerprint density at radius 1 is 1.26 bits per heavy atom. The number of likely N-dealkylation sites (N-methyl/N-ethyl adjacent to an activating group) is 1. The van der Waals surface area contributed by atoms with Crippen molar-refractivity contribution in [2.75, 3.05) is 25.5 Å². The molecule has 0 saturated carbocycles. The zero-order valence-electron chi connectivity index (χ0n) is 13.1. The zero-order chi connectivity index (χ0) is 16.7. The van der Waals surface area contributed by atoms with Gasteiger partial charge in [-0.1, -0.05) is 17.3 Å². The van der Waals surface area contributed by atoms with Crippen molar-refractivity contribution in [3.05, 3.63) is 42.2 Å². The van der Waals surface area contributed by atoms with Gasteiger partial charge in [-0.2, -0.15) is 0 Å². The van der Waals surface area contributed by atoms with Crippen LogP contribution in [-0.2, 0) is 16.0 Å². The van der Waals surface area contributed by atoms with Crippen molar-refractivity contribution >= 4 is 17.6 Å². The minimum absolute atomic E-state index is 0.0294. The number of ether oxygens (including phenoxy) is 1. The van der Waals surface area contributed by atoms with E-state index in [4.69, 9.17) is 4.74 Å². The van der Waals surface area contributed by atoms with E-state index in [0.29, 0.717) is 12.4 Å². The van der Waals surface area contributed by atoms with Gasteiger partial charge in [-0.3, -0.25) is 9.59 Å². The van der Waals surface area contributed by atoms with Crippen LogP contribution < -0.4 is 10.1 Å². The quantitative estimate of drug-likeness (QED) is 0.840. The Morgan fingerprint density at radius 3 is 2.57 bits per heavy atom. The number of hydrogen-bond donors (Lipinski definition) is 1. The van der Waals surface area contributed by atoms with E-state index >= 15 is 0 Å². The summed E-state index contributed by atoms with van der Waals surface area (Å²) in [6, 6.07) is 8.81.